The van der Waals surface area contributed by atoms with Gasteiger partial charge in [-0.3, -0.25) is 14.5 Å². The van der Waals surface area contributed by atoms with Gasteiger partial charge in [0.05, 0.1) is 6.54 Å². The predicted octanol–water partition coefficient (Wildman–Crippen LogP) is 3.82. The van der Waals surface area contributed by atoms with Crippen molar-refractivity contribution in [2.75, 3.05) is 18.9 Å². The highest BCUT2D eigenvalue weighted by atomic mass is 16.2. The maximum absolute atomic E-state index is 12.4. The molecule has 1 fully saturated rings. The van der Waals surface area contributed by atoms with Crippen molar-refractivity contribution in [3.05, 3.63) is 65.7 Å². The zero-order chi connectivity index (χ0) is 19.8. The van der Waals surface area contributed by atoms with Gasteiger partial charge in [0, 0.05) is 23.8 Å². The third-order valence-corrected chi connectivity index (χ3v) is 5.08. The van der Waals surface area contributed by atoms with Crippen molar-refractivity contribution in [1.29, 1.82) is 0 Å². The van der Waals surface area contributed by atoms with Gasteiger partial charge in [-0.2, -0.15) is 0 Å². The van der Waals surface area contributed by atoms with E-state index in [2.05, 4.69) is 10.6 Å². The fourth-order valence-corrected chi connectivity index (χ4v) is 3.62. The lowest BCUT2D eigenvalue weighted by Gasteiger charge is -2.22. The molecule has 0 aliphatic heterocycles. The number of benzene rings is 2. The van der Waals surface area contributed by atoms with Crippen molar-refractivity contribution in [2.24, 2.45) is 0 Å². The molecule has 148 valence electrons. The fraction of sp³-hybridized carbons (Fsp3) is 0.391. The maximum atomic E-state index is 12.4. The van der Waals surface area contributed by atoms with Crippen molar-refractivity contribution >= 4 is 17.5 Å². The van der Waals surface area contributed by atoms with Crippen LogP contribution in [-0.4, -0.2) is 36.3 Å². The van der Waals surface area contributed by atoms with Gasteiger partial charge in [-0.15, -0.1) is 0 Å². The zero-order valence-corrected chi connectivity index (χ0v) is 16.5. The summed E-state index contributed by atoms with van der Waals surface area (Å²) in [5.41, 5.74) is 2.50. The minimum Gasteiger partial charge on any atom is -0.349 e. The van der Waals surface area contributed by atoms with E-state index >= 15 is 0 Å². The lowest BCUT2D eigenvalue weighted by atomic mass is 9.95. The van der Waals surface area contributed by atoms with Crippen molar-refractivity contribution < 1.29 is 9.59 Å². The molecule has 0 unspecified atom stereocenters. The third kappa shape index (κ3) is 6.20. The Morgan fingerprint density at radius 2 is 1.64 bits per heavy atom. The highest BCUT2D eigenvalue weighted by molar-refractivity contribution is 5.96. The number of rotatable bonds is 7. The van der Waals surface area contributed by atoms with Crippen LogP contribution >= 0.6 is 0 Å². The zero-order valence-electron chi connectivity index (χ0n) is 16.5. The first-order valence-electron chi connectivity index (χ1n) is 10.0. The summed E-state index contributed by atoms with van der Waals surface area (Å²) < 4.78 is 0. The van der Waals surface area contributed by atoms with Gasteiger partial charge >= 0.3 is 0 Å². The molecule has 2 amide bonds. The van der Waals surface area contributed by atoms with Crippen molar-refractivity contribution in [3.63, 3.8) is 0 Å². The van der Waals surface area contributed by atoms with E-state index in [0.29, 0.717) is 30.4 Å². The van der Waals surface area contributed by atoms with E-state index in [1.165, 1.54) is 24.8 Å². The number of nitrogens with zero attached hydrogens (tertiary/aromatic N) is 1. The Kier molecular flexibility index (Phi) is 7.20. The molecule has 2 aromatic rings. The second-order valence-corrected chi connectivity index (χ2v) is 7.59. The van der Waals surface area contributed by atoms with Gasteiger partial charge in [-0.1, -0.05) is 49.6 Å². The van der Waals surface area contributed by atoms with Gasteiger partial charge in [0.2, 0.25) is 5.91 Å². The first kappa shape index (κ1) is 20.1. The van der Waals surface area contributed by atoms with Crippen LogP contribution in [-0.2, 0) is 11.3 Å². The Morgan fingerprint density at radius 1 is 0.964 bits per heavy atom. The Morgan fingerprint density at radius 3 is 2.32 bits per heavy atom. The van der Waals surface area contributed by atoms with E-state index in [-0.39, 0.29) is 11.8 Å². The van der Waals surface area contributed by atoms with Crippen LogP contribution in [0.5, 0.6) is 0 Å². The molecule has 0 atom stereocenters. The normalized spacial score (nSPS) is 14.6. The monoisotopic (exact) mass is 379 g/mol. The first-order valence-corrected chi connectivity index (χ1v) is 10.0. The van der Waals surface area contributed by atoms with Crippen LogP contribution in [0.25, 0.3) is 0 Å². The second kappa shape index (κ2) is 10.0. The van der Waals surface area contributed by atoms with Gasteiger partial charge in [0.25, 0.3) is 5.91 Å². The van der Waals surface area contributed by atoms with Crippen LogP contribution in [0.3, 0.4) is 0 Å². The molecule has 0 aromatic heterocycles. The molecule has 0 heterocycles. The van der Waals surface area contributed by atoms with Gasteiger partial charge in [-0.25, -0.2) is 0 Å². The summed E-state index contributed by atoms with van der Waals surface area (Å²) in [6, 6.07) is 17.5. The summed E-state index contributed by atoms with van der Waals surface area (Å²) >= 11 is 0. The topological polar surface area (TPSA) is 61.4 Å². The van der Waals surface area contributed by atoms with E-state index in [1.807, 2.05) is 42.3 Å². The average Bonchev–Trinajstić information content (AvgIpc) is 2.70. The molecule has 1 saturated carbocycles. The van der Waals surface area contributed by atoms with Crippen LogP contribution in [0.2, 0.25) is 0 Å². The van der Waals surface area contributed by atoms with Gasteiger partial charge in [-0.05, 0) is 49.7 Å². The number of nitrogens with one attached hydrogen (secondary N) is 2. The van der Waals surface area contributed by atoms with E-state index < -0.39 is 0 Å². The van der Waals surface area contributed by atoms with Crippen LogP contribution < -0.4 is 10.6 Å². The van der Waals surface area contributed by atoms with Crippen LogP contribution in [0, 0.1) is 0 Å². The van der Waals surface area contributed by atoms with Gasteiger partial charge in [0.15, 0.2) is 0 Å². The quantitative estimate of drug-likeness (QED) is 0.769. The molecule has 1 aliphatic carbocycles. The molecule has 2 N–H and O–H groups in total. The molecule has 0 bridgehead atoms. The SMILES string of the molecule is CN(CC(=O)Nc1ccc(C(=O)NC2CCCCC2)cc1)Cc1ccccc1. The van der Waals surface area contributed by atoms with Crippen molar-refractivity contribution in [2.45, 2.75) is 44.7 Å². The van der Waals surface area contributed by atoms with E-state index in [0.717, 1.165) is 12.8 Å². The maximum Gasteiger partial charge on any atom is 0.251 e. The molecule has 0 spiro atoms. The molecule has 2 aromatic carbocycles. The van der Waals surface area contributed by atoms with Crippen LogP contribution in [0.1, 0.15) is 48.0 Å². The molecule has 0 radical (unpaired) electrons. The second-order valence-electron chi connectivity index (χ2n) is 7.59. The number of anilines is 1. The van der Waals surface area contributed by atoms with Crippen molar-refractivity contribution in [1.82, 2.24) is 10.2 Å². The largest absolute Gasteiger partial charge is 0.349 e. The highest BCUT2D eigenvalue weighted by Crippen LogP contribution is 2.18. The number of carbonyl (C=O) groups is 2. The summed E-state index contributed by atoms with van der Waals surface area (Å²) in [5.74, 6) is -0.106. The standard InChI is InChI=1S/C23H29N3O2/c1-26(16-18-8-4-2-5-9-18)17-22(27)24-21-14-12-19(13-15-21)23(28)25-20-10-6-3-7-11-20/h2,4-5,8-9,12-15,20H,3,6-7,10-11,16-17H2,1H3,(H,24,27)(H,25,28). The first-order chi connectivity index (χ1) is 13.6. The molecule has 0 saturated heterocycles. The highest BCUT2D eigenvalue weighted by Gasteiger charge is 2.16. The van der Waals surface area contributed by atoms with Crippen LogP contribution in [0.15, 0.2) is 54.6 Å². The molecule has 1 aliphatic rings. The molecular formula is C23H29N3O2. The molecular weight excluding hydrogens is 350 g/mol. The van der Waals surface area contributed by atoms with Crippen LogP contribution in [0.4, 0.5) is 5.69 Å². The minimum atomic E-state index is -0.0714. The van der Waals surface area contributed by atoms with Crippen molar-refractivity contribution in [3.8, 4) is 0 Å². The van der Waals surface area contributed by atoms with E-state index in [4.69, 9.17) is 0 Å². The third-order valence-electron chi connectivity index (χ3n) is 5.08. The Balaban J connectivity index is 1.46. The number of amides is 2. The fourth-order valence-electron chi connectivity index (χ4n) is 3.62. The average molecular weight is 380 g/mol. The minimum absolute atomic E-state index is 0.0348. The number of hydrogen-bond donors (Lipinski definition) is 2. The molecule has 3 rings (SSSR count). The number of hydrogen-bond acceptors (Lipinski definition) is 3. The smallest absolute Gasteiger partial charge is 0.251 e. The van der Waals surface area contributed by atoms with E-state index in [9.17, 15) is 9.59 Å². The molecule has 5 heteroatoms. The van der Waals surface area contributed by atoms with E-state index in [1.54, 1.807) is 24.3 Å². The predicted molar refractivity (Wildman–Crippen MR) is 112 cm³/mol. The number of likely N-dealkylation sites (N-methyl/N-ethyl adjacent to an activating group) is 1. The Bertz CT molecular complexity index is 768. The summed E-state index contributed by atoms with van der Waals surface area (Å²) in [6.45, 7) is 1.02. The number of carbonyl (C=O) groups excluding carboxylic acids is 2. The lowest BCUT2D eigenvalue weighted by Crippen LogP contribution is -2.36. The summed E-state index contributed by atoms with van der Waals surface area (Å²) in [6.07, 6.45) is 5.78. The summed E-state index contributed by atoms with van der Waals surface area (Å²) in [7, 11) is 1.92. The van der Waals surface area contributed by atoms with Gasteiger partial charge in [0.1, 0.15) is 0 Å². The Labute approximate surface area is 167 Å². The Hall–Kier alpha value is -2.66. The summed E-state index contributed by atoms with van der Waals surface area (Å²) in [5, 5.41) is 6.01. The lowest BCUT2D eigenvalue weighted by molar-refractivity contribution is -0.117. The molecule has 5 nitrogen and oxygen atoms in total. The van der Waals surface area contributed by atoms with Gasteiger partial charge < -0.3 is 10.6 Å². The molecule has 28 heavy (non-hydrogen) atoms. The summed E-state index contributed by atoms with van der Waals surface area (Å²) in [4.78, 5) is 26.6.